The van der Waals surface area contributed by atoms with E-state index in [1.54, 1.807) is 22.5 Å². The molecule has 8 nitrogen and oxygen atoms in total. The fourth-order valence-electron chi connectivity index (χ4n) is 3.22. The Balaban J connectivity index is 1.88. The highest BCUT2D eigenvalue weighted by atomic mass is 35.5. The number of rotatable bonds is 5. The van der Waals surface area contributed by atoms with Crippen molar-refractivity contribution in [3.05, 3.63) is 53.2 Å². The largest absolute Gasteiger partial charge is 0.508 e. The normalized spacial score (nSPS) is 15.8. The summed E-state index contributed by atoms with van der Waals surface area (Å²) in [7, 11) is -1.57. The summed E-state index contributed by atoms with van der Waals surface area (Å²) < 4.78 is 20.4. The number of phenolic OH excluding ortho intramolecular Hbond substituents is 1. The van der Waals surface area contributed by atoms with Gasteiger partial charge in [0.05, 0.1) is 40.6 Å². The Morgan fingerprint density at radius 3 is 2.70 bits per heavy atom. The van der Waals surface area contributed by atoms with Gasteiger partial charge in [-0.3, -0.25) is 4.98 Å². The van der Waals surface area contributed by atoms with Crippen molar-refractivity contribution in [3.8, 4) is 5.75 Å². The molecule has 3 N–H and O–H groups in total. The van der Waals surface area contributed by atoms with Gasteiger partial charge in [0.1, 0.15) is 16.7 Å². The third-order valence-electron chi connectivity index (χ3n) is 4.68. The Hall–Kier alpha value is -2.72. The van der Waals surface area contributed by atoms with E-state index in [1.165, 1.54) is 24.4 Å². The van der Waals surface area contributed by atoms with Crippen molar-refractivity contribution in [2.45, 2.75) is 4.90 Å². The third kappa shape index (κ3) is 4.10. The number of carboxylic acids is 1. The van der Waals surface area contributed by atoms with Crippen molar-refractivity contribution in [1.29, 1.82) is 0 Å². The molecule has 1 unspecified atom stereocenters. The molecule has 2 heterocycles. The van der Waals surface area contributed by atoms with Crippen molar-refractivity contribution in [2.24, 2.45) is 0 Å². The summed E-state index contributed by atoms with van der Waals surface area (Å²) in [5.74, 6) is -1.26. The highest BCUT2D eigenvalue weighted by molar-refractivity contribution is 7.82. The molecule has 10 heteroatoms. The van der Waals surface area contributed by atoms with Gasteiger partial charge >= 0.3 is 5.97 Å². The molecular weight excluding hydrogens is 430 g/mol. The first-order valence-corrected chi connectivity index (χ1v) is 10.6. The molecule has 1 aliphatic heterocycles. The van der Waals surface area contributed by atoms with Gasteiger partial charge in [-0.05, 0) is 30.3 Å². The van der Waals surface area contributed by atoms with Crippen molar-refractivity contribution in [3.63, 3.8) is 0 Å². The van der Waals surface area contributed by atoms with E-state index in [2.05, 4.69) is 10.3 Å². The minimum atomic E-state index is -1.57. The van der Waals surface area contributed by atoms with Crippen LogP contribution in [0.4, 0.5) is 11.4 Å². The van der Waals surface area contributed by atoms with E-state index in [-0.39, 0.29) is 17.0 Å². The molecule has 4 rings (SSSR count). The number of halogens is 1. The number of hydrogen-bond acceptors (Lipinski definition) is 6. The first kappa shape index (κ1) is 20.5. The zero-order chi connectivity index (χ0) is 21.3. The summed E-state index contributed by atoms with van der Waals surface area (Å²) in [6.07, 6.45) is 1.51. The molecule has 1 aliphatic rings. The minimum Gasteiger partial charge on any atom is -0.508 e. The van der Waals surface area contributed by atoms with Crippen LogP contribution in [0.1, 0.15) is 10.4 Å². The lowest BCUT2D eigenvalue weighted by molar-refractivity contribution is 0.0698. The lowest BCUT2D eigenvalue weighted by Crippen LogP contribution is -2.37. The predicted molar refractivity (Wildman–Crippen MR) is 114 cm³/mol. The summed E-state index contributed by atoms with van der Waals surface area (Å²) in [6.45, 7) is 1.92. The summed E-state index contributed by atoms with van der Waals surface area (Å²) in [6, 6.07) is 9.00. The SMILES string of the molecule is O=C(O)c1ccc(O)cc1Nc1c(S(=O)N2CCOCC2)cnc2ccc(Cl)cc12. The Bertz CT molecular complexity index is 1150. The molecule has 2 aromatic carbocycles. The van der Waals surface area contributed by atoms with Crippen LogP contribution in [-0.2, 0) is 15.7 Å². The summed E-state index contributed by atoms with van der Waals surface area (Å²) in [4.78, 5) is 16.5. The number of fused-ring (bicyclic) bond motifs is 1. The maximum absolute atomic E-state index is 13.3. The molecule has 1 fully saturated rings. The van der Waals surface area contributed by atoms with Crippen molar-refractivity contribution >= 4 is 50.8 Å². The van der Waals surface area contributed by atoms with E-state index in [9.17, 15) is 19.2 Å². The van der Waals surface area contributed by atoms with Gasteiger partial charge in [0.2, 0.25) is 0 Å². The average Bonchev–Trinajstić information content (AvgIpc) is 2.74. The molecule has 1 atom stereocenters. The second-order valence-corrected chi connectivity index (χ2v) is 8.50. The van der Waals surface area contributed by atoms with Crippen LogP contribution in [-0.4, -0.2) is 56.0 Å². The monoisotopic (exact) mass is 447 g/mol. The van der Waals surface area contributed by atoms with Crippen LogP contribution in [0.5, 0.6) is 5.75 Å². The number of pyridine rings is 1. The molecule has 30 heavy (non-hydrogen) atoms. The molecule has 0 bridgehead atoms. The Morgan fingerprint density at radius 2 is 1.97 bits per heavy atom. The number of aromatic nitrogens is 1. The number of nitrogens with one attached hydrogen (secondary N) is 1. The Morgan fingerprint density at radius 1 is 1.20 bits per heavy atom. The predicted octanol–water partition coefficient (Wildman–Crippen LogP) is 3.39. The topological polar surface area (TPSA) is 112 Å². The molecule has 3 aromatic rings. The molecule has 0 spiro atoms. The fourth-order valence-corrected chi connectivity index (χ4v) is 4.63. The van der Waals surface area contributed by atoms with Gasteiger partial charge in [0.25, 0.3) is 0 Å². The van der Waals surface area contributed by atoms with Crippen LogP contribution in [0, 0.1) is 0 Å². The second kappa shape index (κ2) is 8.57. The quantitative estimate of drug-likeness (QED) is 0.549. The van der Waals surface area contributed by atoms with Gasteiger partial charge in [-0.2, -0.15) is 0 Å². The molecule has 1 aromatic heterocycles. The number of aromatic carboxylic acids is 1. The summed E-state index contributed by atoms with van der Waals surface area (Å²) in [5, 5.41) is 23.5. The number of carboxylic acid groups (broad SMARTS) is 1. The lowest BCUT2D eigenvalue weighted by atomic mass is 10.1. The standard InChI is InChI=1S/C20H18ClN3O5S/c21-12-1-4-16-15(9-12)19(23-17-10-13(25)2-3-14(17)20(26)27)18(11-22-16)30(28)24-5-7-29-8-6-24/h1-4,9-11,25H,5-8H2,(H,22,23)(H,26,27). The van der Waals surface area contributed by atoms with Crippen LogP contribution in [0.3, 0.4) is 0 Å². The van der Waals surface area contributed by atoms with E-state index in [4.69, 9.17) is 16.3 Å². The van der Waals surface area contributed by atoms with Crippen LogP contribution in [0.2, 0.25) is 5.02 Å². The van der Waals surface area contributed by atoms with E-state index in [0.717, 1.165) is 0 Å². The first-order chi connectivity index (χ1) is 14.4. The first-order valence-electron chi connectivity index (χ1n) is 9.10. The number of ether oxygens (including phenoxy) is 1. The van der Waals surface area contributed by atoms with Crippen molar-refractivity contribution in [1.82, 2.24) is 9.29 Å². The summed E-state index contributed by atoms with van der Waals surface area (Å²) in [5.41, 5.74) is 1.14. The van der Waals surface area contributed by atoms with E-state index in [0.29, 0.717) is 52.8 Å². The molecule has 0 saturated carbocycles. The van der Waals surface area contributed by atoms with Crippen molar-refractivity contribution < 1.29 is 24.0 Å². The van der Waals surface area contributed by atoms with Crippen LogP contribution >= 0.6 is 11.6 Å². The van der Waals surface area contributed by atoms with Gasteiger partial charge < -0.3 is 20.3 Å². The van der Waals surface area contributed by atoms with E-state index >= 15 is 0 Å². The fraction of sp³-hybridized carbons (Fsp3) is 0.200. The maximum atomic E-state index is 13.3. The van der Waals surface area contributed by atoms with Crippen molar-refractivity contribution in [2.75, 3.05) is 31.6 Å². The smallest absolute Gasteiger partial charge is 0.337 e. The van der Waals surface area contributed by atoms with Crippen LogP contribution < -0.4 is 5.32 Å². The van der Waals surface area contributed by atoms with Gasteiger partial charge in [-0.1, -0.05) is 11.6 Å². The highest BCUT2D eigenvalue weighted by Crippen LogP contribution is 2.35. The number of morpholine rings is 1. The Labute approximate surface area is 179 Å². The number of phenols is 1. The zero-order valence-electron chi connectivity index (χ0n) is 15.7. The number of aromatic hydroxyl groups is 1. The second-order valence-electron chi connectivity index (χ2n) is 6.61. The summed E-state index contributed by atoms with van der Waals surface area (Å²) >= 11 is 6.19. The molecule has 0 amide bonds. The van der Waals surface area contributed by atoms with Gasteiger partial charge in [-0.15, -0.1) is 0 Å². The molecule has 1 saturated heterocycles. The lowest BCUT2D eigenvalue weighted by Gasteiger charge is -2.26. The molecule has 156 valence electrons. The molecule has 0 aliphatic carbocycles. The number of nitrogens with zero attached hydrogens (tertiary/aromatic N) is 2. The average molecular weight is 448 g/mol. The zero-order valence-corrected chi connectivity index (χ0v) is 17.2. The number of benzene rings is 2. The number of anilines is 2. The van der Waals surface area contributed by atoms with E-state index < -0.39 is 17.0 Å². The Kier molecular flexibility index (Phi) is 5.87. The van der Waals surface area contributed by atoms with Gasteiger partial charge in [0, 0.05) is 35.8 Å². The number of carbonyl (C=O) groups is 1. The van der Waals surface area contributed by atoms with Crippen LogP contribution in [0.15, 0.2) is 47.5 Å². The van der Waals surface area contributed by atoms with Gasteiger partial charge in [0.15, 0.2) is 0 Å². The third-order valence-corrected chi connectivity index (χ3v) is 6.44. The minimum absolute atomic E-state index is 0.0390. The maximum Gasteiger partial charge on any atom is 0.337 e. The van der Waals surface area contributed by atoms with Gasteiger partial charge in [-0.25, -0.2) is 13.3 Å². The molecular formula is C20H18ClN3O5S. The highest BCUT2D eigenvalue weighted by Gasteiger charge is 2.24. The van der Waals surface area contributed by atoms with E-state index in [1.807, 2.05) is 0 Å². The number of hydrogen-bond donors (Lipinski definition) is 3. The molecule has 0 radical (unpaired) electrons. The van der Waals surface area contributed by atoms with Crippen LogP contribution in [0.25, 0.3) is 10.9 Å².